The molecule has 0 saturated carbocycles. The van der Waals surface area contributed by atoms with Crippen molar-refractivity contribution < 1.29 is 4.79 Å². The van der Waals surface area contributed by atoms with Crippen molar-refractivity contribution in [3.05, 3.63) is 29.8 Å². The van der Waals surface area contributed by atoms with E-state index in [1.165, 1.54) is 16.9 Å². The molecule has 1 amide bonds. The summed E-state index contributed by atoms with van der Waals surface area (Å²) in [5, 5.41) is 12.0. The van der Waals surface area contributed by atoms with E-state index in [0.717, 1.165) is 33.6 Å². The molecule has 0 spiro atoms. The van der Waals surface area contributed by atoms with Gasteiger partial charge in [0.25, 0.3) is 0 Å². The molecular weight excluding hydrogens is 396 g/mol. The maximum atomic E-state index is 12.1. The van der Waals surface area contributed by atoms with Gasteiger partial charge in [-0.3, -0.25) is 4.79 Å². The Balaban J connectivity index is 1.97. The first-order valence-electron chi connectivity index (χ1n) is 10.3. The minimum Gasteiger partial charge on any atom is -0.364 e. The molecule has 0 saturated heterocycles. The van der Waals surface area contributed by atoms with Crippen molar-refractivity contribution in [2.45, 2.75) is 59.5 Å². The predicted octanol–water partition coefficient (Wildman–Crippen LogP) is 4.19. The predicted molar refractivity (Wildman–Crippen MR) is 126 cm³/mol. The van der Waals surface area contributed by atoms with Crippen LogP contribution in [0, 0.1) is 0 Å². The van der Waals surface area contributed by atoms with E-state index in [2.05, 4.69) is 62.6 Å². The summed E-state index contributed by atoms with van der Waals surface area (Å²) in [5.41, 5.74) is 3.09. The smallest absolute Gasteiger partial charge is 0.239 e. The summed E-state index contributed by atoms with van der Waals surface area (Å²) in [5.74, 6) is 0.842. The number of aryl methyl sites for hydroxylation is 1. The zero-order valence-corrected chi connectivity index (χ0v) is 19.7. The number of hydrogen-bond donors (Lipinski definition) is 2. The number of anilines is 2. The van der Waals surface area contributed by atoms with Gasteiger partial charge in [-0.2, -0.15) is 4.52 Å². The Hall–Kier alpha value is -2.61. The van der Waals surface area contributed by atoms with Crippen molar-refractivity contribution in [2.24, 2.45) is 0 Å². The Labute approximate surface area is 182 Å². The highest BCUT2D eigenvalue weighted by atomic mass is 32.1. The van der Waals surface area contributed by atoms with Crippen LogP contribution < -0.4 is 15.5 Å². The molecule has 0 aliphatic carbocycles. The maximum absolute atomic E-state index is 12.1. The van der Waals surface area contributed by atoms with Gasteiger partial charge < -0.3 is 15.5 Å². The third kappa shape index (κ3) is 5.11. The molecule has 2 N–H and O–H groups in total. The zero-order valence-electron chi connectivity index (χ0n) is 18.9. The first-order chi connectivity index (χ1) is 14.1. The van der Waals surface area contributed by atoms with Crippen molar-refractivity contribution in [3.63, 3.8) is 0 Å². The number of nitrogens with one attached hydrogen (secondary N) is 2. The number of carbonyl (C=O) groups excluding carboxylic acids is 1. The SMILES string of the molecule is CCc1ccc(-c2nc3sc(N(C)CC(=O)NC(C)C)nn3c2NC(C)(C)C)cc1. The molecule has 2 aromatic heterocycles. The van der Waals surface area contributed by atoms with Crippen LogP contribution in [0.5, 0.6) is 0 Å². The molecule has 0 bridgehead atoms. The summed E-state index contributed by atoms with van der Waals surface area (Å²) in [7, 11) is 1.87. The minimum absolute atomic E-state index is 0.0231. The lowest BCUT2D eigenvalue weighted by Crippen LogP contribution is -2.38. The molecule has 0 aliphatic rings. The third-order valence-corrected chi connectivity index (χ3v) is 5.50. The van der Waals surface area contributed by atoms with Gasteiger partial charge in [-0.15, -0.1) is 5.10 Å². The van der Waals surface area contributed by atoms with Gasteiger partial charge in [0.15, 0.2) is 5.82 Å². The summed E-state index contributed by atoms with van der Waals surface area (Å²) in [4.78, 5) is 19.7. The lowest BCUT2D eigenvalue weighted by molar-refractivity contribution is -0.120. The fourth-order valence-corrected chi connectivity index (χ4v) is 3.97. The van der Waals surface area contributed by atoms with Crippen LogP contribution in [0.2, 0.25) is 0 Å². The molecule has 7 nitrogen and oxygen atoms in total. The van der Waals surface area contributed by atoms with Crippen LogP contribution in [0.25, 0.3) is 16.2 Å². The zero-order chi connectivity index (χ0) is 22.1. The second-order valence-electron chi connectivity index (χ2n) is 8.89. The monoisotopic (exact) mass is 428 g/mol. The van der Waals surface area contributed by atoms with E-state index < -0.39 is 0 Å². The molecule has 30 heavy (non-hydrogen) atoms. The second-order valence-corrected chi connectivity index (χ2v) is 9.83. The minimum atomic E-state index is -0.152. The molecule has 3 rings (SSSR count). The van der Waals surface area contributed by atoms with Gasteiger partial charge in [0.2, 0.25) is 16.0 Å². The molecule has 162 valence electrons. The average Bonchev–Trinajstić information content (AvgIpc) is 3.19. The summed E-state index contributed by atoms with van der Waals surface area (Å²) >= 11 is 1.48. The molecule has 0 aliphatic heterocycles. The maximum Gasteiger partial charge on any atom is 0.239 e. The summed E-state index contributed by atoms with van der Waals surface area (Å²) in [6.07, 6.45) is 1.01. The number of likely N-dealkylation sites (N-methyl/N-ethyl adjacent to an activating group) is 1. The van der Waals surface area contributed by atoms with Crippen LogP contribution >= 0.6 is 11.3 Å². The summed E-state index contributed by atoms with van der Waals surface area (Å²) in [6.45, 7) is 12.7. The van der Waals surface area contributed by atoms with E-state index in [1.54, 1.807) is 0 Å². The summed E-state index contributed by atoms with van der Waals surface area (Å²) in [6, 6.07) is 8.63. The number of amides is 1. The molecule has 0 atom stereocenters. The number of hydrogen-bond acceptors (Lipinski definition) is 6. The normalized spacial score (nSPS) is 11.9. The number of nitrogens with zero attached hydrogens (tertiary/aromatic N) is 4. The van der Waals surface area contributed by atoms with Crippen molar-refractivity contribution in [2.75, 3.05) is 23.8 Å². The Kier molecular flexibility index (Phi) is 6.36. The highest BCUT2D eigenvalue weighted by molar-refractivity contribution is 7.20. The average molecular weight is 429 g/mol. The van der Waals surface area contributed by atoms with Crippen LogP contribution in [0.3, 0.4) is 0 Å². The Bertz CT molecular complexity index is 1010. The lowest BCUT2D eigenvalue weighted by atomic mass is 10.1. The number of carbonyl (C=O) groups is 1. The number of imidazole rings is 1. The Morgan fingerprint density at radius 3 is 2.47 bits per heavy atom. The molecule has 0 unspecified atom stereocenters. The van der Waals surface area contributed by atoms with Gasteiger partial charge in [-0.25, -0.2) is 4.98 Å². The van der Waals surface area contributed by atoms with Gasteiger partial charge in [-0.05, 0) is 46.6 Å². The van der Waals surface area contributed by atoms with Crippen molar-refractivity contribution in [3.8, 4) is 11.3 Å². The van der Waals surface area contributed by atoms with E-state index in [-0.39, 0.29) is 24.0 Å². The van der Waals surface area contributed by atoms with Crippen LogP contribution in [-0.2, 0) is 11.2 Å². The molecular formula is C22H32N6OS. The van der Waals surface area contributed by atoms with Gasteiger partial charge >= 0.3 is 0 Å². The lowest BCUT2D eigenvalue weighted by Gasteiger charge is -2.22. The van der Waals surface area contributed by atoms with Gasteiger partial charge in [0.1, 0.15) is 5.69 Å². The number of benzene rings is 1. The van der Waals surface area contributed by atoms with Crippen LogP contribution in [0.1, 0.15) is 47.1 Å². The van der Waals surface area contributed by atoms with E-state index in [4.69, 9.17) is 10.1 Å². The topological polar surface area (TPSA) is 74.6 Å². The first kappa shape index (κ1) is 22.1. The Morgan fingerprint density at radius 1 is 1.23 bits per heavy atom. The van der Waals surface area contributed by atoms with Gasteiger partial charge in [0, 0.05) is 24.2 Å². The standard InChI is InChI=1S/C22H32N6OS/c1-8-15-9-11-16(12-10-15)18-19(25-22(4,5)6)28-20(24-18)30-21(26-28)27(7)13-17(29)23-14(2)3/h9-12,14,25H,8,13H2,1-7H3,(H,23,29). The van der Waals surface area contributed by atoms with Gasteiger partial charge in [0.05, 0.1) is 6.54 Å². The van der Waals surface area contributed by atoms with Crippen molar-refractivity contribution in [1.82, 2.24) is 19.9 Å². The van der Waals surface area contributed by atoms with E-state index in [9.17, 15) is 4.79 Å². The number of fused-ring (bicyclic) bond motifs is 1. The Morgan fingerprint density at radius 2 is 1.90 bits per heavy atom. The number of aromatic nitrogens is 3. The van der Waals surface area contributed by atoms with Crippen LogP contribution in [0.15, 0.2) is 24.3 Å². The quantitative estimate of drug-likeness (QED) is 0.590. The van der Waals surface area contributed by atoms with Crippen LogP contribution in [0.4, 0.5) is 10.9 Å². The number of rotatable bonds is 7. The molecule has 2 heterocycles. The largest absolute Gasteiger partial charge is 0.364 e. The van der Waals surface area contributed by atoms with E-state index in [0.29, 0.717) is 0 Å². The highest BCUT2D eigenvalue weighted by Crippen LogP contribution is 2.34. The molecule has 0 radical (unpaired) electrons. The van der Waals surface area contributed by atoms with E-state index in [1.807, 2.05) is 30.3 Å². The molecule has 1 aromatic carbocycles. The van der Waals surface area contributed by atoms with Crippen molar-refractivity contribution >= 4 is 33.2 Å². The fraction of sp³-hybridized carbons (Fsp3) is 0.500. The van der Waals surface area contributed by atoms with Crippen LogP contribution in [-0.4, -0.2) is 45.7 Å². The second kappa shape index (κ2) is 8.63. The fourth-order valence-electron chi connectivity index (χ4n) is 3.11. The molecule has 3 aromatic rings. The van der Waals surface area contributed by atoms with Gasteiger partial charge in [-0.1, -0.05) is 42.5 Å². The first-order valence-corrected chi connectivity index (χ1v) is 11.2. The van der Waals surface area contributed by atoms with E-state index >= 15 is 0 Å². The molecule has 8 heteroatoms. The van der Waals surface area contributed by atoms with Crippen molar-refractivity contribution in [1.29, 1.82) is 0 Å². The highest BCUT2D eigenvalue weighted by Gasteiger charge is 2.23. The summed E-state index contributed by atoms with van der Waals surface area (Å²) < 4.78 is 1.85. The third-order valence-electron chi connectivity index (χ3n) is 4.48. The molecule has 0 fully saturated rings.